The molecule has 0 radical (unpaired) electrons. The number of para-hydroxylation sites is 1. The third-order valence-corrected chi connectivity index (χ3v) is 6.26. The molecule has 3 rings (SSSR count). The van der Waals surface area contributed by atoms with Crippen molar-refractivity contribution in [3.05, 3.63) is 54.6 Å². The van der Waals surface area contributed by atoms with Crippen LogP contribution in [-0.2, 0) is 4.79 Å². The third-order valence-electron chi connectivity index (χ3n) is 4.93. The lowest BCUT2D eigenvalue weighted by atomic mass is 10.0. The molecule has 0 aromatic heterocycles. The molecule has 25 heavy (non-hydrogen) atoms. The highest BCUT2D eigenvalue weighted by Gasteiger charge is 2.25. The summed E-state index contributed by atoms with van der Waals surface area (Å²) in [6.45, 7) is 6.44. The summed E-state index contributed by atoms with van der Waals surface area (Å²) in [5.74, 6) is 1.24. The van der Waals surface area contributed by atoms with Gasteiger partial charge in [-0.05, 0) is 18.6 Å². The number of nitrogens with one attached hydrogen (secondary N) is 1. The van der Waals surface area contributed by atoms with E-state index in [1.807, 2.05) is 48.2 Å². The molecule has 0 saturated carbocycles. The molecule has 0 aliphatic carbocycles. The summed E-state index contributed by atoms with van der Waals surface area (Å²) in [6, 6.07) is 18.7. The van der Waals surface area contributed by atoms with Gasteiger partial charge in [0.15, 0.2) is 0 Å². The first-order valence-electron chi connectivity index (χ1n) is 8.95. The second kappa shape index (κ2) is 8.54. The molecule has 132 valence electrons. The van der Waals surface area contributed by atoms with Crippen LogP contribution in [0.5, 0.6) is 0 Å². The minimum absolute atomic E-state index is 0.0847. The third kappa shape index (κ3) is 4.65. The van der Waals surface area contributed by atoms with Gasteiger partial charge < -0.3 is 5.32 Å². The number of anilines is 1. The molecule has 0 bridgehead atoms. The van der Waals surface area contributed by atoms with E-state index in [2.05, 4.69) is 42.3 Å². The van der Waals surface area contributed by atoms with E-state index in [0.717, 1.165) is 35.7 Å². The zero-order valence-electron chi connectivity index (χ0n) is 14.9. The normalized spacial score (nSPS) is 21.0. The smallest absolute Gasteiger partial charge is 0.225 e. The predicted octanol–water partition coefficient (Wildman–Crippen LogP) is 4.51. The molecule has 4 heteroatoms. The van der Waals surface area contributed by atoms with Crippen molar-refractivity contribution in [2.75, 3.05) is 24.2 Å². The monoisotopic (exact) mass is 354 g/mol. The SMILES string of the molecule is CC1SCCN(CCC(=O)Nc2ccccc2-c2ccccc2)C1C. The van der Waals surface area contributed by atoms with Crippen LogP contribution in [0, 0.1) is 0 Å². The number of rotatable bonds is 5. The van der Waals surface area contributed by atoms with Crippen LogP contribution in [0.4, 0.5) is 5.69 Å². The maximum atomic E-state index is 12.5. The average molecular weight is 355 g/mol. The van der Waals surface area contributed by atoms with Gasteiger partial charge in [-0.2, -0.15) is 11.8 Å². The topological polar surface area (TPSA) is 32.3 Å². The summed E-state index contributed by atoms with van der Waals surface area (Å²) in [7, 11) is 0. The van der Waals surface area contributed by atoms with E-state index in [-0.39, 0.29) is 5.91 Å². The lowest BCUT2D eigenvalue weighted by Gasteiger charge is -2.37. The Kier molecular flexibility index (Phi) is 6.16. The van der Waals surface area contributed by atoms with Crippen LogP contribution < -0.4 is 5.32 Å². The van der Waals surface area contributed by atoms with Gasteiger partial charge in [0.25, 0.3) is 0 Å². The quantitative estimate of drug-likeness (QED) is 0.857. The highest BCUT2D eigenvalue weighted by Crippen LogP contribution is 2.28. The molecule has 2 aromatic rings. The van der Waals surface area contributed by atoms with Gasteiger partial charge in [0, 0.05) is 47.8 Å². The van der Waals surface area contributed by atoms with Gasteiger partial charge in [0.1, 0.15) is 0 Å². The molecule has 1 saturated heterocycles. The van der Waals surface area contributed by atoms with E-state index in [1.54, 1.807) is 0 Å². The van der Waals surface area contributed by atoms with Gasteiger partial charge in [0.05, 0.1) is 0 Å². The Morgan fingerprint density at radius 1 is 1.12 bits per heavy atom. The Bertz CT molecular complexity index is 704. The first-order valence-corrected chi connectivity index (χ1v) is 10.00. The van der Waals surface area contributed by atoms with Crippen LogP contribution in [0.3, 0.4) is 0 Å². The van der Waals surface area contributed by atoms with Gasteiger partial charge >= 0.3 is 0 Å². The number of nitrogens with zero attached hydrogens (tertiary/aromatic N) is 1. The van der Waals surface area contributed by atoms with Crippen LogP contribution in [-0.4, -0.2) is 40.9 Å². The molecule has 2 unspecified atom stereocenters. The minimum Gasteiger partial charge on any atom is -0.325 e. The Morgan fingerprint density at radius 3 is 2.64 bits per heavy atom. The second-order valence-electron chi connectivity index (χ2n) is 6.56. The summed E-state index contributed by atoms with van der Waals surface area (Å²) in [6.07, 6.45) is 0.533. The van der Waals surface area contributed by atoms with Gasteiger partial charge in [-0.25, -0.2) is 0 Å². The Hall–Kier alpha value is -1.78. The summed E-state index contributed by atoms with van der Waals surface area (Å²) < 4.78 is 0. The summed E-state index contributed by atoms with van der Waals surface area (Å²) >= 11 is 2.02. The number of thioether (sulfide) groups is 1. The van der Waals surface area contributed by atoms with E-state index < -0.39 is 0 Å². The van der Waals surface area contributed by atoms with E-state index in [1.165, 1.54) is 0 Å². The number of carbonyl (C=O) groups is 1. The van der Waals surface area contributed by atoms with Crippen molar-refractivity contribution in [3.8, 4) is 11.1 Å². The molecule has 2 atom stereocenters. The van der Waals surface area contributed by atoms with Crippen molar-refractivity contribution in [1.29, 1.82) is 0 Å². The van der Waals surface area contributed by atoms with Crippen molar-refractivity contribution < 1.29 is 4.79 Å². The lowest BCUT2D eigenvalue weighted by molar-refractivity contribution is -0.116. The molecule has 1 aliphatic heterocycles. The first-order chi connectivity index (χ1) is 12.1. The summed E-state index contributed by atoms with van der Waals surface area (Å²) in [5, 5.41) is 3.74. The van der Waals surface area contributed by atoms with Crippen molar-refractivity contribution in [1.82, 2.24) is 4.90 Å². The summed E-state index contributed by atoms with van der Waals surface area (Å²) in [5.41, 5.74) is 3.07. The molecule has 1 amide bonds. The van der Waals surface area contributed by atoms with Crippen molar-refractivity contribution in [2.24, 2.45) is 0 Å². The lowest BCUT2D eigenvalue weighted by Crippen LogP contribution is -2.45. The maximum Gasteiger partial charge on any atom is 0.225 e. The zero-order valence-corrected chi connectivity index (χ0v) is 15.8. The van der Waals surface area contributed by atoms with Crippen molar-refractivity contribution >= 4 is 23.4 Å². The number of benzene rings is 2. The van der Waals surface area contributed by atoms with Crippen molar-refractivity contribution in [2.45, 2.75) is 31.6 Å². The fourth-order valence-corrected chi connectivity index (χ4v) is 4.39. The van der Waals surface area contributed by atoms with Crippen LogP contribution in [0.15, 0.2) is 54.6 Å². The van der Waals surface area contributed by atoms with Gasteiger partial charge in [0.2, 0.25) is 5.91 Å². The molecular formula is C21H26N2OS. The maximum absolute atomic E-state index is 12.5. The van der Waals surface area contributed by atoms with E-state index in [9.17, 15) is 4.79 Å². The highest BCUT2D eigenvalue weighted by molar-refractivity contribution is 8.00. The molecule has 1 N–H and O–H groups in total. The Labute approximate surface area is 154 Å². The van der Waals surface area contributed by atoms with Crippen LogP contribution in [0.2, 0.25) is 0 Å². The molecule has 1 fully saturated rings. The van der Waals surface area contributed by atoms with Gasteiger partial charge in [-0.1, -0.05) is 55.5 Å². The summed E-state index contributed by atoms with van der Waals surface area (Å²) in [4.78, 5) is 14.9. The molecular weight excluding hydrogens is 328 g/mol. The molecule has 1 heterocycles. The molecule has 0 spiro atoms. The number of hydrogen-bond acceptors (Lipinski definition) is 3. The van der Waals surface area contributed by atoms with Crippen LogP contribution in [0.25, 0.3) is 11.1 Å². The van der Waals surface area contributed by atoms with E-state index >= 15 is 0 Å². The molecule has 3 nitrogen and oxygen atoms in total. The Balaban J connectivity index is 1.62. The first kappa shape index (κ1) is 18.0. The van der Waals surface area contributed by atoms with Crippen molar-refractivity contribution in [3.63, 3.8) is 0 Å². The van der Waals surface area contributed by atoms with Gasteiger partial charge in [-0.15, -0.1) is 0 Å². The molecule has 1 aliphatic rings. The largest absolute Gasteiger partial charge is 0.325 e. The van der Waals surface area contributed by atoms with Crippen LogP contribution >= 0.6 is 11.8 Å². The predicted molar refractivity (Wildman–Crippen MR) is 108 cm³/mol. The van der Waals surface area contributed by atoms with Gasteiger partial charge in [-0.3, -0.25) is 9.69 Å². The number of hydrogen-bond donors (Lipinski definition) is 1. The Morgan fingerprint density at radius 2 is 1.84 bits per heavy atom. The minimum atomic E-state index is 0.0847. The average Bonchev–Trinajstić information content (AvgIpc) is 2.64. The highest BCUT2D eigenvalue weighted by atomic mass is 32.2. The number of amides is 1. The fraction of sp³-hybridized carbons (Fsp3) is 0.381. The van der Waals surface area contributed by atoms with E-state index in [0.29, 0.717) is 17.7 Å². The van der Waals surface area contributed by atoms with E-state index in [4.69, 9.17) is 0 Å². The second-order valence-corrected chi connectivity index (χ2v) is 8.05. The zero-order chi connectivity index (χ0) is 17.6. The standard InChI is InChI=1S/C21H26N2OS/c1-16-17(2)25-15-14-23(16)13-12-21(24)22-20-11-7-6-10-19(20)18-8-4-3-5-9-18/h3-11,16-17H,12-15H2,1-2H3,(H,22,24). The number of carbonyl (C=O) groups excluding carboxylic acids is 1. The molecule has 2 aromatic carbocycles. The fourth-order valence-electron chi connectivity index (χ4n) is 3.23. The van der Waals surface area contributed by atoms with Crippen LogP contribution in [0.1, 0.15) is 20.3 Å².